The second-order valence-electron chi connectivity index (χ2n) is 1.31. The topological polar surface area (TPSA) is 49.8 Å². The summed E-state index contributed by atoms with van der Waals surface area (Å²) in [5.41, 5.74) is 1.62. The summed E-state index contributed by atoms with van der Waals surface area (Å²) in [5.74, 6) is 0. The van der Waals surface area contributed by atoms with E-state index in [1.54, 1.807) is 5.55 Å². The Kier molecular flexibility index (Phi) is 0.733. The van der Waals surface area contributed by atoms with E-state index in [4.69, 9.17) is 0 Å². The second kappa shape index (κ2) is 1.31. The molecule has 4 nitrogen and oxygen atoms in total. The van der Waals surface area contributed by atoms with Crippen molar-refractivity contribution in [2.24, 2.45) is 9.98 Å². The highest BCUT2D eigenvalue weighted by Crippen LogP contribution is 2.42. The third kappa shape index (κ3) is 0.559. The third-order valence-electron chi connectivity index (χ3n) is 0.771. The van der Waals surface area contributed by atoms with E-state index < -0.39 is 5.24 Å². The monoisotopic (exact) mass is 130 g/mol. The lowest BCUT2D eigenvalue weighted by atomic mass is 11.1. The van der Waals surface area contributed by atoms with Gasteiger partial charge in [-0.2, -0.15) is 14.8 Å². The normalized spacial score (nSPS) is 29.0. The molecule has 1 saturated heterocycles. The Balaban J connectivity index is 2.20. The molecule has 42 valence electrons. The number of thioether (sulfide) groups is 1. The predicted molar refractivity (Wildman–Crippen MR) is 29.5 cm³/mol. The Morgan fingerprint density at radius 3 is 2.75 bits per heavy atom. The summed E-state index contributed by atoms with van der Waals surface area (Å²) in [4.78, 5) is 16.5. The lowest BCUT2D eigenvalue weighted by molar-refractivity contribution is 0.0850. The third-order valence-corrected chi connectivity index (χ3v) is 1.54. The molecule has 1 spiro atoms. The summed E-state index contributed by atoms with van der Waals surface area (Å²) < 4.78 is 0. The highest BCUT2D eigenvalue weighted by atomic mass is 32.2. The van der Waals surface area contributed by atoms with Crippen LogP contribution in [-0.2, 0) is 9.78 Å². The maximum Gasteiger partial charge on any atom is 0.384 e. The summed E-state index contributed by atoms with van der Waals surface area (Å²) >= 11 is 1.30. The molecule has 2 aliphatic rings. The maximum absolute atomic E-state index is 4.51. The van der Waals surface area contributed by atoms with Crippen molar-refractivity contribution < 1.29 is 9.78 Å². The molecule has 0 amide bonds. The van der Waals surface area contributed by atoms with Crippen LogP contribution in [0, 0.1) is 0 Å². The fourth-order valence-corrected chi connectivity index (χ4v) is 0.846. The zero-order chi connectivity index (χ0) is 5.45. The summed E-state index contributed by atoms with van der Waals surface area (Å²) in [5, 5.41) is -0.734. The quantitative estimate of drug-likeness (QED) is 0.351. The minimum Gasteiger partial charge on any atom is -0.238 e. The second-order valence-corrected chi connectivity index (χ2v) is 2.27. The Bertz CT molecular complexity index is 163. The molecule has 2 rings (SSSR count). The number of nitrogens with zero attached hydrogens (tertiary/aromatic N) is 2. The number of hydrogen-bond donors (Lipinski definition) is 0. The van der Waals surface area contributed by atoms with E-state index in [-0.39, 0.29) is 0 Å². The number of hydrogen-bond acceptors (Lipinski definition) is 5. The van der Waals surface area contributed by atoms with E-state index in [1.165, 1.54) is 18.1 Å². The first-order chi connectivity index (χ1) is 3.91. The van der Waals surface area contributed by atoms with E-state index in [1.807, 2.05) is 0 Å². The van der Waals surface area contributed by atoms with Gasteiger partial charge in [0.05, 0.1) is 5.55 Å². The predicted octanol–water partition coefficient (Wildman–Crippen LogP) is 0.363. The van der Waals surface area contributed by atoms with E-state index >= 15 is 0 Å². The van der Waals surface area contributed by atoms with Crippen LogP contribution in [0.3, 0.4) is 0 Å². The van der Waals surface area contributed by atoms with Crippen LogP contribution in [0.1, 0.15) is 0 Å². The molecule has 0 aromatic heterocycles. The standard InChI is InChI=1S/C3H2N2O2S/c1-4-2-8-3(5-1)6-7-3/h1-2H. The molecule has 0 bridgehead atoms. The number of aliphatic imine (C=N–C) groups is 2. The lowest BCUT2D eigenvalue weighted by Gasteiger charge is -1.95. The first-order valence-corrected chi connectivity index (χ1v) is 2.89. The highest BCUT2D eigenvalue weighted by molar-refractivity contribution is 8.13. The Morgan fingerprint density at radius 2 is 2.38 bits per heavy atom. The van der Waals surface area contributed by atoms with Gasteiger partial charge >= 0.3 is 5.24 Å². The molecule has 0 saturated carbocycles. The molecule has 0 aliphatic carbocycles. The van der Waals surface area contributed by atoms with Crippen molar-refractivity contribution in [3.05, 3.63) is 0 Å². The van der Waals surface area contributed by atoms with Gasteiger partial charge in [-0.25, -0.2) is 4.99 Å². The Labute approximate surface area is 49.5 Å². The molecular weight excluding hydrogens is 128 g/mol. The van der Waals surface area contributed by atoms with E-state index in [0.29, 0.717) is 0 Å². The zero-order valence-corrected chi connectivity index (χ0v) is 4.59. The van der Waals surface area contributed by atoms with Crippen LogP contribution >= 0.6 is 11.8 Å². The van der Waals surface area contributed by atoms with Crippen molar-refractivity contribution >= 4 is 23.6 Å². The average Bonchev–Trinajstić information content (AvgIpc) is 2.52. The van der Waals surface area contributed by atoms with Gasteiger partial charge in [-0.05, 0) is 11.8 Å². The van der Waals surface area contributed by atoms with Crippen LogP contribution in [0.25, 0.3) is 0 Å². The van der Waals surface area contributed by atoms with Gasteiger partial charge < -0.3 is 0 Å². The minimum atomic E-state index is -0.734. The molecular formula is C3H2N2O2S. The summed E-state index contributed by atoms with van der Waals surface area (Å²) in [6.07, 6.45) is 1.41. The van der Waals surface area contributed by atoms with Crippen molar-refractivity contribution in [2.45, 2.75) is 5.24 Å². The smallest absolute Gasteiger partial charge is 0.238 e. The molecule has 0 N–H and O–H groups in total. The first kappa shape index (κ1) is 4.49. The first-order valence-electron chi connectivity index (χ1n) is 2.01. The van der Waals surface area contributed by atoms with Crippen molar-refractivity contribution in [3.63, 3.8) is 0 Å². The van der Waals surface area contributed by atoms with Gasteiger partial charge in [0.25, 0.3) is 0 Å². The van der Waals surface area contributed by atoms with Crippen LogP contribution in [0.4, 0.5) is 0 Å². The largest absolute Gasteiger partial charge is 0.384 e. The van der Waals surface area contributed by atoms with Crippen molar-refractivity contribution in [1.29, 1.82) is 0 Å². The fourth-order valence-electron chi connectivity index (χ4n) is 0.377. The van der Waals surface area contributed by atoms with E-state index in [2.05, 4.69) is 19.8 Å². The molecule has 2 heterocycles. The van der Waals surface area contributed by atoms with Gasteiger partial charge in [0, 0.05) is 0 Å². The number of rotatable bonds is 0. The molecule has 1 fully saturated rings. The molecule has 5 heteroatoms. The van der Waals surface area contributed by atoms with E-state index in [0.717, 1.165) is 0 Å². The molecule has 2 aliphatic heterocycles. The molecule has 0 aromatic rings. The average molecular weight is 130 g/mol. The summed E-state index contributed by atoms with van der Waals surface area (Å²) in [6, 6.07) is 0. The minimum absolute atomic E-state index is 0.734. The van der Waals surface area contributed by atoms with E-state index in [9.17, 15) is 0 Å². The maximum atomic E-state index is 4.51. The van der Waals surface area contributed by atoms with Gasteiger partial charge in [-0.15, -0.1) is 0 Å². The van der Waals surface area contributed by atoms with Gasteiger partial charge in [0.2, 0.25) is 0 Å². The SMILES string of the molecule is C1=NC=NC2(OO2)S1. The molecule has 0 unspecified atom stereocenters. The van der Waals surface area contributed by atoms with Crippen LogP contribution in [-0.4, -0.2) is 17.1 Å². The van der Waals surface area contributed by atoms with Gasteiger partial charge in [0.15, 0.2) is 0 Å². The van der Waals surface area contributed by atoms with Gasteiger partial charge in [-0.3, -0.25) is 0 Å². The van der Waals surface area contributed by atoms with Crippen molar-refractivity contribution in [2.75, 3.05) is 0 Å². The van der Waals surface area contributed by atoms with Crippen LogP contribution in [0.2, 0.25) is 0 Å². The summed E-state index contributed by atoms with van der Waals surface area (Å²) in [7, 11) is 0. The van der Waals surface area contributed by atoms with Crippen LogP contribution in [0.5, 0.6) is 0 Å². The fraction of sp³-hybridized carbons (Fsp3) is 0.333. The Morgan fingerprint density at radius 1 is 1.50 bits per heavy atom. The highest BCUT2D eigenvalue weighted by Gasteiger charge is 2.50. The molecule has 8 heavy (non-hydrogen) atoms. The van der Waals surface area contributed by atoms with Gasteiger partial charge in [-0.1, -0.05) is 0 Å². The molecule has 0 radical (unpaired) electrons. The summed E-state index contributed by atoms with van der Waals surface area (Å²) in [6.45, 7) is 0. The zero-order valence-electron chi connectivity index (χ0n) is 3.77. The van der Waals surface area contributed by atoms with Crippen LogP contribution in [0.15, 0.2) is 9.98 Å². The van der Waals surface area contributed by atoms with Crippen molar-refractivity contribution in [1.82, 2.24) is 0 Å². The molecule has 0 atom stereocenters. The van der Waals surface area contributed by atoms with Crippen molar-refractivity contribution in [3.8, 4) is 0 Å². The van der Waals surface area contributed by atoms with Gasteiger partial charge in [0.1, 0.15) is 6.34 Å². The van der Waals surface area contributed by atoms with Crippen LogP contribution < -0.4 is 0 Å². The lowest BCUT2D eigenvalue weighted by Crippen LogP contribution is -2.02. The Hall–Kier alpha value is -0.390. The molecule has 0 aromatic carbocycles.